The lowest BCUT2D eigenvalue weighted by atomic mass is 10.0. The van der Waals surface area contributed by atoms with E-state index in [0.717, 1.165) is 24.3 Å². The van der Waals surface area contributed by atoms with Crippen LogP contribution in [0, 0.1) is 5.92 Å². The molecular weight excluding hydrogens is 264 g/mol. The summed E-state index contributed by atoms with van der Waals surface area (Å²) in [4.78, 5) is 11.0. The molecule has 0 aliphatic heterocycles. The van der Waals surface area contributed by atoms with Gasteiger partial charge in [-0.05, 0) is 36.1 Å². The van der Waals surface area contributed by atoms with Crippen molar-refractivity contribution in [2.45, 2.75) is 39.5 Å². The van der Waals surface area contributed by atoms with E-state index in [1.54, 1.807) is 6.08 Å². The van der Waals surface area contributed by atoms with Gasteiger partial charge in [-0.15, -0.1) is 0 Å². The third-order valence-electron chi connectivity index (χ3n) is 3.52. The number of esters is 1. The van der Waals surface area contributed by atoms with E-state index in [-0.39, 0.29) is 5.97 Å². The molecule has 0 heterocycles. The summed E-state index contributed by atoms with van der Waals surface area (Å²) in [6, 6.07) is 7.73. The summed E-state index contributed by atoms with van der Waals surface area (Å²) in [6.07, 6.45) is 8.02. The van der Waals surface area contributed by atoms with Crippen molar-refractivity contribution in [3.63, 3.8) is 0 Å². The molecule has 0 bridgehead atoms. The number of carbonyl (C=O) groups is 1. The molecule has 0 aliphatic rings. The molecular formula is C18H26O3. The highest BCUT2D eigenvalue weighted by atomic mass is 16.5. The summed E-state index contributed by atoms with van der Waals surface area (Å²) in [5.41, 5.74) is 0.950. The molecule has 0 amide bonds. The fourth-order valence-corrected chi connectivity index (χ4v) is 2.02. The van der Waals surface area contributed by atoms with Crippen molar-refractivity contribution in [2.75, 3.05) is 13.7 Å². The minimum absolute atomic E-state index is 0.350. The zero-order valence-corrected chi connectivity index (χ0v) is 13.3. The van der Waals surface area contributed by atoms with Crippen LogP contribution in [0.3, 0.4) is 0 Å². The summed E-state index contributed by atoms with van der Waals surface area (Å²) in [6.45, 7) is 5.20. The molecule has 21 heavy (non-hydrogen) atoms. The fraction of sp³-hybridized carbons (Fsp3) is 0.500. The first kappa shape index (κ1) is 17.3. The third kappa shape index (κ3) is 6.98. The number of carbonyl (C=O) groups excluding carboxylic acids is 1. The van der Waals surface area contributed by atoms with Crippen molar-refractivity contribution in [2.24, 2.45) is 5.92 Å². The van der Waals surface area contributed by atoms with Crippen LogP contribution in [-0.4, -0.2) is 19.7 Å². The van der Waals surface area contributed by atoms with E-state index < -0.39 is 0 Å². The highest BCUT2D eigenvalue weighted by Crippen LogP contribution is 2.17. The largest absolute Gasteiger partial charge is 0.493 e. The van der Waals surface area contributed by atoms with Gasteiger partial charge in [0.2, 0.25) is 0 Å². The van der Waals surface area contributed by atoms with E-state index in [9.17, 15) is 4.79 Å². The van der Waals surface area contributed by atoms with Gasteiger partial charge in [0, 0.05) is 6.08 Å². The normalized spacial score (nSPS) is 12.3. The van der Waals surface area contributed by atoms with Gasteiger partial charge in [0.05, 0.1) is 13.7 Å². The van der Waals surface area contributed by atoms with Gasteiger partial charge in [-0.2, -0.15) is 0 Å². The Balaban J connectivity index is 2.46. The maximum atomic E-state index is 11.0. The van der Waals surface area contributed by atoms with E-state index in [0.29, 0.717) is 5.92 Å². The summed E-state index contributed by atoms with van der Waals surface area (Å²) in [5.74, 6) is 1.15. The first-order valence-electron chi connectivity index (χ1n) is 7.68. The number of hydrogen-bond acceptors (Lipinski definition) is 3. The fourth-order valence-electron chi connectivity index (χ4n) is 2.02. The SMILES string of the molecule is CCCCC(CC)COc1ccc(/C=C/C(=O)OC)cc1. The predicted octanol–water partition coefficient (Wildman–Crippen LogP) is 4.47. The molecule has 0 spiro atoms. The minimum atomic E-state index is -0.350. The smallest absolute Gasteiger partial charge is 0.330 e. The molecule has 1 aromatic carbocycles. The van der Waals surface area contributed by atoms with Gasteiger partial charge in [0.25, 0.3) is 0 Å². The average Bonchev–Trinajstić information content (AvgIpc) is 2.53. The van der Waals surface area contributed by atoms with E-state index in [4.69, 9.17) is 4.74 Å². The van der Waals surface area contributed by atoms with Gasteiger partial charge in [0.15, 0.2) is 0 Å². The van der Waals surface area contributed by atoms with E-state index >= 15 is 0 Å². The van der Waals surface area contributed by atoms with Crippen molar-refractivity contribution < 1.29 is 14.3 Å². The van der Waals surface area contributed by atoms with E-state index in [1.165, 1.54) is 32.4 Å². The maximum Gasteiger partial charge on any atom is 0.330 e. The molecule has 0 aromatic heterocycles. The predicted molar refractivity (Wildman–Crippen MR) is 86.3 cm³/mol. The van der Waals surface area contributed by atoms with Gasteiger partial charge in [-0.3, -0.25) is 0 Å². The van der Waals surface area contributed by atoms with Crippen LogP contribution in [0.4, 0.5) is 0 Å². The Morgan fingerprint density at radius 2 is 1.95 bits per heavy atom. The van der Waals surface area contributed by atoms with Crippen molar-refractivity contribution in [1.82, 2.24) is 0 Å². The molecule has 0 saturated heterocycles. The molecule has 0 saturated carbocycles. The van der Waals surface area contributed by atoms with Crippen molar-refractivity contribution >= 4 is 12.0 Å². The molecule has 0 radical (unpaired) electrons. The Hall–Kier alpha value is -1.77. The van der Waals surface area contributed by atoms with Gasteiger partial charge in [-0.1, -0.05) is 45.2 Å². The first-order chi connectivity index (χ1) is 10.2. The number of benzene rings is 1. The third-order valence-corrected chi connectivity index (χ3v) is 3.52. The Morgan fingerprint density at radius 3 is 2.52 bits per heavy atom. The molecule has 0 aliphatic carbocycles. The van der Waals surface area contributed by atoms with Gasteiger partial charge >= 0.3 is 5.97 Å². The van der Waals surface area contributed by atoms with E-state index in [1.807, 2.05) is 24.3 Å². The minimum Gasteiger partial charge on any atom is -0.493 e. The summed E-state index contributed by atoms with van der Waals surface area (Å²) >= 11 is 0. The van der Waals surface area contributed by atoms with Crippen LogP contribution in [0.1, 0.15) is 45.1 Å². The zero-order valence-electron chi connectivity index (χ0n) is 13.3. The van der Waals surface area contributed by atoms with Crippen LogP contribution in [-0.2, 0) is 9.53 Å². The Labute approximate surface area is 128 Å². The van der Waals surface area contributed by atoms with Gasteiger partial charge < -0.3 is 9.47 Å². The summed E-state index contributed by atoms with van der Waals surface area (Å²) < 4.78 is 10.4. The zero-order chi connectivity index (χ0) is 15.5. The number of methoxy groups -OCH3 is 1. The van der Waals surface area contributed by atoms with Crippen LogP contribution in [0.25, 0.3) is 6.08 Å². The van der Waals surface area contributed by atoms with Crippen LogP contribution in [0.2, 0.25) is 0 Å². The van der Waals surface area contributed by atoms with Crippen molar-refractivity contribution in [1.29, 1.82) is 0 Å². The van der Waals surface area contributed by atoms with Gasteiger partial charge in [-0.25, -0.2) is 4.79 Å². The first-order valence-corrected chi connectivity index (χ1v) is 7.68. The van der Waals surface area contributed by atoms with Crippen LogP contribution in [0.15, 0.2) is 30.3 Å². The number of unbranched alkanes of at least 4 members (excludes halogenated alkanes) is 1. The number of hydrogen-bond donors (Lipinski definition) is 0. The van der Waals surface area contributed by atoms with Crippen molar-refractivity contribution in [3.8, 4) is 5.75 Å². The molecule has 3 nitrogen and oxygen atoms in total. The second-order valence-electron chi connectivity index (χ2n) is 5.15. The average molecular weight is 290 g/mol. The topological polar surface area (TPSA) is 35.5 Å². The lowest BCUT2D eigenvalue weighted by Gasteiger charge is -2.15. The summed E-state index contributed by atoms with van der Waals surface area (Å²) in [5, 5.41) is 0. The molecule has 0 fully saturated rings. The molecule has 1 unspecified atom stereocenters. The Morgan fingerprint density at radius 1 is 1.24 bits per heavy atom. The van der Waals surface area contributed by atoms with Crippen molar-refractivity contribution in [3.05, 3.63) is 35.9 Å². The Kier molecular flexibility index (Phi) is 8.25. The number of rotatable bonds is 9. The number of ether oxygens (including phenoxy) is 2. The van der Waals surface area contributed by atoms with Crippen LogP contribution in [0.5, 0.6) is 5.75 Å². The maximum absolute atomic E-state index is 11.0. The Bertz CT molecular complexity index is 434. The summed E-state index contributed by atoms with van der Waals surface area (Å²) in [7, 11) is 1.37. The molecule has 1 rings (SSSR count). The lowest BCUT2D eigenvalue weighted by Crippen LogP contribution is -2.11. The standard InChI is InChI=1S/C18H26O3/c1-4-6-7-15(5-2)14-21-17-11-8-16(9-12-17)10-13-18(19)20-3/h8-13,15H,4-7,14H2,1-3H3/b13-10+. The molecule has 0 N–H and O–H groups in total. The van der Waals surface area contributed by atoms with Gasteiger partial charge in [0.1, 0.15) is 5.75 Å². The molecule has 1 atom stereocenters. The molecule has 116 valence electrons. The monoisotopic (exact) mass is 290 g/mol. The van der Waals surface area contributed by atoms with E-state index in [2.05, 4.69) is 18.6 Å². The highest BCUT2D eigenvalue weighted by molar-refractivity contribution is 5.86. The quantitative estimate of drug-likeness (QED) is 0.497. The molecule has 3 heteroatoms. The van der Waals surface area contributed by atoms with Crippen LogP contribution >= 0.6 is 0 Å². The lowest BCUT2D eigenvalue weighted by molar-refractivity contribution is -0.134. The molecule has 1 aromatic rings. The highest BCUT2D eigenvalue weighted by Gasteiger charge is 2.06. The van der Waals surface area contributed by atoms with Crippen LogP contribution < -0.4 is 4.74 Å². The second-order valence-corrected chi connectivity index (χ2v) is 5.15. The second kappa shape index (κ2) is 10.0.